The zero-order chi connectivity index (χ0) is 21.8. The third-order valence-corrected chi connectivity index (χ3v) is 7.43. The number of benzene rings is 2. The number of piperidine rings is 1. The van der Waals surface area contributed by atoms with E-state index in [1.807, 2.05) is 0 Å². The van der Waals surface area contributed by atoms with Gasteiger partial charge in [0.1, 0.15) is 0 Å². The van der Waals surface area contributed by atoms with Crippen molar-refractivity contribution in [1.82, 2.24) is 0 Å². The van der Waals surface area contributed by atoms with Crippen LogP contribution >= 0.6 is 0 Å². The fourth-order valence-electron chi connectivity index (χ4n) is 5.94. The summed E-state index contributed by atoms with van der Waals surface area (Å²) in [6.45, 7) is 6.86. The Kier molecular flexibility index (Phi) is 7.35. The van der Waals surface area contributed by atoms with Gasteiger partial charge in [0.15, 0.2) is 6.29 Å². The van der Waals surface area contributed by atoms with Crippen molar-refractivity contribution in [3.63, 3.8) is 0 Å². The molecule has 1 saturated heterocycles. The predicted octanol–water partition coefficient (Wildman–Crippen LogP) is 6.26. The molecule has 0 aromatic heterocycles. The first-order chi connectivity index (χ1) is 15.1. The molecule has 3 heteroatoms. The van der Waals surface area contributed by atoms with Crippen LogP contribution in [0.25, 0.3) is 0 Å². The molecule has 3 nitrogen and oxygen atoms in total. The molecule has 4 rings (SSSR count). The Hall–Kier alpha value is -1.84. The van der Waals surface area contributed by atoms with Gasteiger partial charge in [-0.25, -0.2) is 0 Å². The van der Waals surface area contributed by atoms with Gasteiger partial charge in [0.25, 0.3) is 0 Å². The van der Waals surface area contributed by atoms with Crippen LogP contribution in [-0.4, -0.2) is 33.6 Å². The molecular weight excluding hydrogens is 382 g/mol. The average molecular weight is 422 g/mol. The molecule has 0 amide bonds. The summed E-state index contributed by atoms with van der Waals surface area (Å²) in [7, 11) is 3.49. The molecule has 31 heavy (non-hydrogen) atoms. The number of anilines is 1. The monoisotopic (exact) mass is 421 g/mol. The van der Waals surface area contributed by atoms with Gasteiger partial charge < -0.3 is 14.4 Å². The Balaban J connectivity index is 1.50. The van der Waals surface area contributed by atoms with Crippen LogP contribution in [0, 0.1) is 17.8 Å². The lowest BCUT2D eigenvalue weighted by Crippen LogP contribution is -2.39. The summed E-state index contributed by atoms with van der Waals surface area (Å²) >= 11 is 0. The van der Waals surface area contributed by atoms with E-state index in [1.165, 1.54) is 30.5 Å². The fourth-order valence-corrected chi connectivity index (χ4v) is 5.94. The van der Waals surface area contributed by atoms with E-state index in [4.69, 9.17) is 9.47 Å². The van der Waals surface area contributed by atoms with Crippen molar-refractivity contribution in [1.29, 1.82) is 0 Å². The van der Waals surface area contributed by atoms with Crippen LogP contribution in [0.4, 0.5) is 5.69 Å². The lowest BCUT2D eigenvalue weighted by atomic mass is 9.69. The molecule has 0 N–H and O–H groups in total. The normalized spacial score (nSPS) is 22.2. The van der Waals surface area contributed by atoms with E-state index in [2.05, 4.69) is 67.3 Å². The van der Waals surface area contributed by atoms with Crippen molar-refractivity contribution in [3.05, 3.63) is 65.2 Å². The molecule has 2 aromatic carbocycles. The number of fused-ring (bicyclic) bond motifs is 1. The van der Waals surface area contributed by atoms with Crippen LogP contribution in [0.15, 0.2) is 48.5 Å². The smallest absolute Gasteiger partial charge is 0.159 e. The summed E-state index contributed by atoms with van der Waals surface area (Å²) in [6.07, 6.45) is 5.97. The lowest BCUT2D eigenvalue weighted by Gasteiger charge is -2.37. The third kappa shape index (κ3) is 4.99. The molecule has 0 saturated carbocycles. The summed E-state index contributed by atoms with van der Waals surface area (Å²) in [5.74, 6) is 2.48. The predicted molar refractivity (Wildman–Crippen MR) is 129 cm³/mol. The molecule has 2 aliphatic rings. The maximum Gasteiger partial charge on any atom is 0.159 e. The lowest BCUT2D eigenvalue weighted by molar-refractivity contribution is -0.141. The second kappa shape index (κ2) is 10.2. The summed E-state index contributed by atoms with van der Waals surface area (Å²) in [5.41, 5.74) is 5.93. The standard InChI is InChI=1S/C28H39NO2/c1-20(2)19-24-10-9-21-7-5-6-8-26(21)27(24)22-11-13-25(14-12-22)29-17-15-23(16-18-29)28(30-3)31-4/h5-8,11-14,20,23-24,27-28H,9-10,15-19H2,1-4H3/t24-,27+/m0/s1. The number of nitrogens with zero attached hydrogens (tertiary/aromatic N) is 1. The molecule has 0 radical (unpaired) electrons. The molecule has 1 aliphatic heterocycles. The highest BCUT2D eigenvalue weighted by molar-refractivity contribution is 5.50. The fraction of sp³-hybridized carbons (Fsp3) is 0.571. The Bertz CT molecular complexity index is 819. The molecule has 1 fully saturated rings. The molecule has 2 aromatic rings. The minimum Gasteiger partial charge on any atom is -0.372 e. The number of aryl methyl sites for hydroxylation is 1. The second-order valence-electron chi connectivity index (χ2n) is 9.86. The van der Waals surface area contributed by atoms with E-state index in [1.54, 1.807) is 25.3 Å². The third-order valence-electron chi connectivity index (χ3n) is 7.43. The van der Waals surface area contributed by atoms with Crippen molar-refractivity contribution in [2.75, 3.05) is 32.2 Å². The van der Waals surface area contributed by atoms with Gasteiger partial charge in [-0.15, -0.1) is 0 Å². The van der Waals surface area contributed by atoms with Crippen LogP contribution in [0.5, 0.6) is 0 Å². The molecule has 168 valence electrons. The summed E-state index contributed by atoms with van der Waals surface area (Å²) in [4.78, 5) is 2.52. The number of hydrogen-bond acceptors (Lipinski definition) is 3. The van der Waals surface area contributed by atoms with Crippen LogP contribution in [0.1, 0.15) is 62.1 Å². The van der Waals surface area contributed by atoms with E-state index >= 15 is 0 Å². The molecule has 0 spiro atoms. The van der Waals surface area contributed by atoms with Gasteiger partial charge in [0, 0.05) is 44.8 Å². The van der Waals surface area contributed by atoms with Crippen LogP contribution in [0.3, 0.4) is 0 Å². The first-order valence-electron chi connectivity index (χ1n) is 12.1. The Morgan fingerprint density at radius 2 is 1.58 bits per heavy atom. The van der Waals surface area contributed by atoms with Crippen LogP contribution < -0.4 is 4.90 Å². The highest BCUT2D eigenvalue weighted by Crippen LogP contribution is 2.44. The van der Waals surface area contributed by atoms with E-state index in [0.29, 0.717) is 11.8 Å². The van der Waals surface area contributed by atoms with Gasteiger partial charge in [-0.3, -0.25) is 0 Å². The number of hydrogen-bond donors (Lipinski definition) is 0. The minimum absolute atomic E-state index is 0.0752. The average Bonchev–Trinajstić information content (AvgIpc) is 2.80. The highest BCUT2D eigenvalue weighted by atomic mass is 16.7. The van der Waals surface area contributed by atoms with E-state index in [0.717, 1.165) is 37.8 Å². The van der Waals surface area contributed by atoms with Crippen LogP contribution in [-0.2, 0) is 15.9 Å². The zero-order valence-electron chi connectivity index (χ0n) is 19.7. The van der Waals surface area contributed by atoms with Gasteiger partial charge in [-0.1, -0.05) is 50.2 Å². The SMILES string of the molecule is COC(OC)C1CCN(c2ccc([C@H]3c4ccccc4CC[C@H]3CC(C)C)cc2)CC1. The van der Waals surface area contributed by atoms with Crippen molar-refractivity contribution in [2.45, 2.75) is 58.2 Å². The first kappa shape index (κ1) is 22.4. The summed E-state index contributed by atoms with van der Waals surface area (Å²) in [5, 5.41) is 0. The number of ether oxygens (including phenoxy) is 2. The Morgan fingerprint density at radius 3 is 2.23 bits per heavy atom. The zero-order valence-corrected chi connectivity index (χ0v) is 19.7. The van der Waals surface area contributed by atoms with Gasteiger partial charge in [0.05, 0.1) is 0 Å². The summed E-state index contributed by atoms with van der Waals surface area (Å²) in [6, 6.07) is 18.6. The number of rotatable bonds is 7. The quantitative estimate of drug-likeness (QED) is 0.492. The Morgan fingerprint density at radius 1 is 0.903 bits per heavy atom. The molecule has 1 heterocycles. The van der Waals surface area contributed by atoms with Gasteiger partial charge in [-0.2, -0.15) is 0 Å². The number of methoxy groups -OCH3 is 2. The summed E-state index contributed by atoms with van der Waals surface area (Å²) < 4.78 is 11.0. The van der Waals surface area contributed by atoms with Gasteiger partial charge in [0.2, 0.25) is 0 Å². The Labute approximate surface area is 188 Å². The molecular formula is C28H39NO2. The largest absolute Gasteiger partial charge is 0.372 e. The molecule has 1 aliphatic carbocycles. The molecule has 0 unspecified atom stereocenters. The van der Waals surface area contributed by atoms with E-state index < -0.39 is 0 Å². The first-order valence-corrected chi connectivity index (χ1v) is 12.1. The van der Waals surface area contributed by atoms with E-state index in [9.17, 15) is 0 Å². The van der Waals surface area contributed by atoms with Crippen molar-refractivity contribution < 1.29 is 9.47 Å². The van der Waals surface area contributed by atoms with Gasteiger partial charge in [-0.05, 0) is 72.8 Å². The maximum atomic E-state index is 5.49. The highest BCUT2D eigenvalue weighted by Gasteiger charge is 2.31. The molecule has 2 atom stereocenters. The van der Waals surface area contributed by atoms with E-state index in [-0.39, 0.29) is 6.29 Å². The molecule has 0 bridgehead atoms. The van der Waals surface area contributed by atoms with Crippen molar-refractivity contribution >= 4 is 5.69 Å². The topological polar surface area (TPSA) is 21.7 Å². The van der Waals surface area contributed by atoms with Crippen molar-refractivity contribution in [3.8, 4) is 0 Å². The van der Waals surface area contributed by atoms with Crippen molar-refractivity contribution in [2.24, 2.45) is 17.8 Å². The maximum absolute atomic E-state index is 5.49. The minimum atomic E-state index is -0.0752. The van der Waals surface area contributed by atoms with Crippen LogP contribution in [0.2, 0.25) is 0 Å². The van der Waals surface area contributed by atoms with Gasteiger partial charge >= 0.3 is 0 Å². The second-order valence-corrected chi connectivity index (χ2v) is 9.86.